The Morgan fingerprint density at radius 3 is 2.31 bits per heavy atom. The molecule has 0 unspecified atom stereocenters. The van der Waals surface area contributed by atoms with Crippen molar-refractivity contribution in [2.45, 2.75) is 64.3 Å². The summed E-state index contributed by atoms with van der Waals surface area (Å²) >= 11 is 0. The van der Waals surface area contributed by atoms with Gasteiger partial charge in [-0.2, -0.15) is 18.3 Å². The second-order valence-electron chi connectivity index (χ2n) is 10.5. The Bertz CT molecular complexity index is 1330. The number of alkyl halides is 3. The van der Waals surface area contributed by atoms with Crippen molar-refractivity contribution >= 4 is 17.6 Å². The standard InChI is InChI=1S/C29H37F3N6O4/c1-6-20(17-33-21-8-10-22(11-9-21)38-24(27(40)41)13-14-35-38)36-26(39)23(15-18(2)3)37-28(4,29(30,31)32)19-7-12-25(42-5)34-16-19/h7-14,16,18,20,23,33,37H,6,15,17H2,1-5H3,(H,36,39)(H,40,41)/t20-,23-,28-/m0/s1. The summed E-state index contributed by atoms with van der Waals surface area (Å²) in [7, 11) is 1.37. The highest BCUT2D eigenvalue weighted by molar-refractivity contribution is 5.86. The first-order chi connectivity index (χ1) is 19.8. The van der Waals surface area contributed by atoms with Gasteiger partial charge < -0.3 is 20.5 Å². The number of ether oxygens (including phenoxy) is 1. The highest BCUT2D eigenvalue weighted by atomic mass is 19.4. The first-order valence-electron chi connectivity index (χ1n) is 13.6. The lowest BCUT2D eigenvalue weighted by molar-refractivity contribution is -0.198. The summed E-state index contributed by atoms with van der Waals surface area (Å²) in [6.45, 7) is 6.87. The molecule has 0 saturated heterocycles. The van der Waals surface area contributed by atoms with Crippen molar-refractivity contribution in [3.05, 3.63) is 66.1 Å². The summed E-state index contributed by atoms with van der Waals surface area (Å²) in [4.78, 5) is 28.7. The zero-order chi connectivity index (χ0) is 31.1. The summed E-state index contributed by atoms with van der Waals surface area (Å²) in [5, 5.41) is 22.1. The molecule has 0 aliphatic carbocycles. The number of nitrogens with one attached hydrogen (secondary N) is 3. The van der Waals surface area contributed by atoms with Gasteiger partial charge in [0.2, 0.25) is 11.8 Å². The van der Waals surface area contributed by atoms with Gasteiger partial charge >= 0.3 is 12.1 Å². The molecule has 0 bridgehead atoms. The Morgan fingerprint density at radius 1 is 1.10 bits per heavy atom. The number of halogens is 3. The molecule has 0 aliphatic heterocycles. The molecule has 4 N–H and O–H groups in total. The van der Waals surface area contributed by atoms with Gasteiger partial charge in [-0.1, -0.05) is 20.8 Å². The van der Waals surface area contributed by atoms with E-state index in [1.54, 1.807) is 24.3 Å². The Kier molecular flexibility index (Phi) is 10.6. The van der Waals surface area contributed by atoms with Gasteiger partial charge in [0.15, 0.2) is 5.69 Å². The lowest BCUT2D eigenvalue weighted by Crippen LogP contribution is -2.60. The van der Waals surface area contributed by atoms with Crippen LogP contribution in [0.2, 0.25) is 0 Å². The smallest absolute Gasteiger partial charge is 0.410 e. The minimum atomic E-state index is -4.72. The summed E-state index contributed by atoms with van der Waals surface area (Å²) < 4.78 is 49.6. The Labute approximate surface area is 242 Å². The molecular formula is C29H37F3N6O4. The maximum Gasteiger partial charge on any atom is 0.410 e. The molecule has 0 saturated carbocycles. The van der Waals surface area contributed by atoms with Crippen LogP contribution in [0, 0.1) is 5.92 Å². The van der Waals surface area contributed by atoms with Crippen LogP contribution < -0.4 is 20.7 Å². The molecule has 2 aromatic heterocycles. The number of nitrogens with zero attached hydrogens (tertiary/aromatic N) is 3. The van der Waals surface area contributed by atoms with E-state index >= 15 is 0 Å². The minimum Gasteiger partial charge on any atom is -0.481 e. The first kappa shape index (κ1) is 32.4. The lowest BCUT2D eigenvalue weighted by Gasteiger charge is -2.37. The zero-order valence-corrected chi connectivity index (χ0v) is 24.2. The van der Waals surface area contributed by atoms with E-state index in [2.05, 4.69) is 26.0 Å². The average molecular weight is 591 g/mol. The number of anilines is 1. The fourth-order valence-corrected chi connectivity index (χ4v) is 4.41. The van der Waals surface area contributed by atoms with Gasteiger partial charge in [0.05, 0.1) is 25.0 Å². The van der Waals surface area contributed by atoms with Crippen LogP contribution in [0.4, 0.5) is 18.9 Å². The Hall–Kier alpha value is -4.13. The van der Waals surface area contributed by atoms with Crippen LogP contribution in [0.5, 0.6) is 5.88 Å². The molecule has 1 amide bonds. The van der Waals surface area contributed by atoms with E-state index in [0.29, 0.717) is 24.3 Å². The third-order valence-corrected chi connectivity index (χ3v) is 6.94. The molecule has 3 atom stereocenters. The molecule has 0 radical (unpaired) electrons. The minimum absolute atomic E-state index is 0.0268. The molecule has 3 aromatic rings. The fourth-order valence-electron chi connectivity index (χ4n) is 4.41. The normalized spacial score (nSPS) is 14.6. The number of pyridine rings is 1. The third-order valence-electron chi connectivity index (χ3n) is 6.94. The highest BCUT2D eigenvalue weighted by Crippen LogP contribution is 2.39. The lowest BCUT2D eigenvalue weighted by atomic mass is 9.89. The summed E-state index contributed by atoms with van der Waals surface area (Å²) in [5.41, 5.74) is -1.38. The number of carbonyl (C=O) groups is 2. The molecule has 0 aliphatic rings. The summed E-state index contributed by atoms with van der Waals surface area (Å²) in [6.07, 6.45) is -1.52. The van der Waals surface area contributed by atoms with Crippen LogP contribution in [-0.2, 0) is 10.3 Å². The molecule has 13 heteroatoms. The predicted octanol–water partition coefficient (Wildman–Crippen LogP) is 4.76. The molecular weight excluding hydrogens is 553 g/mol. The average Bonchev–Trinajstić information content (AvgIpc) is 3.45. The second-order valence-corrected chi connectivity index (χ2v) is 10.5. The molecule has 0 fully saturated rings. The largest absolute Gasteiger partial charge is 0.481 e. The van der Waals surface area contributed by atoms with Crippen molar-refractivity contribution in [1.82, 2.24) is 25.4 Å². The molecule has 228 valence electrons. The predicted molar refractivity (Wildman–Crippen MR) is 152 cm³/mol. The second kappa shape index (κ2) is 13.7. The highest BCUT2D eigenvalue weighted by Gasteiger charge is 2.54. The van der Waals surface area contributed by atoms with E-state index in [-0.39, 0.29) is 35.5 Å². The van der Waals surface area contributed by atoms with Crippen molar-refractivity contribution in [1.29, 1.82) is 0 Å². The number of rotatable bonds is 14. The van der Waals surface area contributed by atoms with Crippen LogP contribution in [0.25, 0.3) is 5.69 Å². The summed E-state index contributed by atoms with van der Waals surface area (Å²) in [6, 6.07) is 9.43. The number of methoxy groups -OCH3 is 1. The van der Waals surface area contributed by atoms with E-state index < -0.39 is 29.6 Å². The SMILES string of the molecule is CC[C@@H](CNc1ccc(-n2nccc2C(=O)O)cc1)NC(=O)[C@H](CC(C)C)N[C@@](C)(c1ccc(OC)nc1)C(F)(F)F. The Morgan fingerprint density at radius 2 is 1.79 bits per heavy atom. The number of amides is 1. The number of benzene rings is 1. The first-order valence-corrected chi connectivity index (χ1v) is 13.6. The van der Waals surface area contributed by atoms with Crippen LogP contribution in [0.1, 0.15) is 56.6 Å². The summed E-state index contributed by atoms with van der Waals surface area (Å²) in [5.74, 6) is -1.52. The van der Waals surface area contributed by atoms with E-state index in [9.17, 15) is 27.9 Å². The Balaban J connectivity index is 1.72. The van der Waals surface area contributed by atoms with Gasteiger partial charge in [0.25, 0.3) is 0 Å². The van der Waals surface area contributed by atoms with Gasteiger partial charge in [0.1, 0.15) is 5.54 Å². The van der Waals surface area contributed by atoms with Crippen molar-refractivity contribution in [2.24, 2.45) is 5.92 Å². The van der Waals surface area contributed by atoms with Gasteiger partial charge in [0, 0.05) is 30.5 Å². The topological polar surface area (TPSA) is 130 Å². The van der Waals surface area contributed by atoms with Gasteiger partial charge in [-0.3, -0.25) is 10.1 Å². The van der Waals surface area contributed by atoms with Crippen LogP contribution in [0.15, 0.2) is 54.9 Å². The molecule has 1 aromatic carbocycles. The van der Waals surface area contributed by atoms with E-state index in [1.165, 1.54) is 36.2 Å². The molecule has 42 heavy (non-hydrogen) atoms. The van der Waals surface area contributed by atoms with E-state index in [1.807, 2.05) is 20.8 Å². The molecule has 3 rings (SSSR count). The van der Waals surface area contributed by atoms with Crippen molar-refractivity contribution in [2.75, 3.05) is 19.0 Å². The molecule has 10 nitrogen and oxygen atoms in total. The maximum atomic E-state index is 14.5. The molecule has 2 heterocycles. The number of aromatic nitrogens is 3. The molecule has 0 spiro atoms. The third kappa shape index (κ3) is 7.78. The van der Waals surface area contributed by atoms with Crippen molar-refractivity contribution in [3.63, 3.8) is 0 Å². The van der Waals surface area contributed by atoms with Crippen molar-refractivity contribution in [3.8, 4) is 11.6 Å². The van der Waals surface area contributed by atoms with Crippen LogP contribution in [0.3, 0.4) is 0 Å². The number of hydrogen-bond donors (Lipinski definition) is 4. The van der Waals surface area contributed by atoms with E-state index in [0.717, 1.165) is 13.1 Å². The fraction of sp³-hybridized carbons (Fsp3) is 0.448. The van der Waals surface area contributed by atoms with Crippen LogP contribution >= 0.6 is 0 Å². The number of hydrogen-bond acceptors (Lipinski definition) is 7. The number of aromatic carboxylic acids is 1. The maximum absolute atomic E-state index is 14.5. The quantitative estimate of drug-likeness (QED) is 0.211. The number of carboxylic acid groups (broad SMARTS) is 1. The van der Waals surface area contributed by atoms with Gasteiger partial charge in [-0.15, -0.1) is 0 Å². The van der Waals surface area contributed by atoms with E-state index in [4.69, 9.17) is 4.74 Å². The number of carboxylic acids is 1. The van der Waals surface area contributed by atoms with Crippen molar-refractivity contribution < 1.29 is 32.6 Å². The monoisotopic (exact) mass is 590 g/mol. The van der Waals surface area contributed by atoms with Gasteiger partial charge in [-0.05, 0) is 67.6 Å². The zero-order valence-electron chi connectivity index (χ0n) is 24.2. The number of carbonyl (C=O) groups excluding carboxylic acids is 1. The van der Waals surface area contributed by atoms with Crippen LogP contribution in [-0.4, -0.2) is 63.7 Å². The van der Waals surface area contributed by atoms with Gasteiger partial charge in [-0.25, -0.2) is 14.5 Å².